The number of anilines is 1. The van der Waals surface area contributed by atoms with Crippen molar-refractivity contribution in [1.29, 1.82) is 0 Å². The Hall–Kier alpha value is -1.48. The van der Waals surface area contributed by atoms with Crippen LogP contribution in [0.2, 0.25) is 5.28 Å². The number of rotatable bonds is 4. The van der Waals surface area contributed by atoms with Crippen molar-refractivity contribution in [2.45, 2.75) is 19.4 Å². The van der Waals surface area contributed by atoms with Gasteiger partial charge < -0.3 is 14.7 Å². The van der Waals surface area contributed by atoms with Gasteiger partial charge in [0, 0.05) is 31.1 Å². The molecular weight excluding hydrogens is 376 g/mol. The summed E-state index contributed by atoms with van der Waals surface area (Å²) in [5.41, 5.74) is 0.860. The first kappa shape index (κ1) is 17.9. The highest BCUT2D eigenvalue weighted by molar-refractivity contribution is 7.19. The maximum absolute atomic E-state index is 11.3. The van der Waals surface area contributed by atoms with E-state index in [1.165, 1.54) is 0 Å². The van der Waals surface area contributed by atoms with Gasteiger partial charge in [-0.25, -0.2) is 4.98 Å². The van der Waals surface area contributed by atoms with Crippen LogP contribution in [-0.4, -0.2) is 65.3 Å². The van der Waals surface area contributed by atoms with Crippen molar-refractivity contribution in [1.82, 2.24) is 14.9 Å². The Labute approximate surface area is 160 Å². The molecule has 26 heavy (non-hydrogen) atoms. The van der Waals surface area contributed by atoms with Crippen molar-refractivity contribution in [3.05, 3.63) is 16.2 Å². The van der Waals surface area contributed by atoms with Crippen LogP contribution >= 0.6 is 22.9 Å². The van der Waals surface area contributed by atoms with Gasteiger partial charge in [0.05, 0.1) is 29.3 Å². The van der Waals surface area contributed by atoms with Crippen molar-refractivity contribution >= 4 is 44.9 Å². The Bertz CT molecular complexity index is 809. The van der Waals surface area contributed by atoms with Crippen LogP contribution in [0.5, 0.6) is 0 Å². The van der Waals surface area contributed by atoms with Crippen molar-refractivity contribution < 1.29 is 14.6 Å². The fraction of sp³-hybridized carbons (Fsp3) is 0.588. The number of carboxylic acids is 1. The van der Waals surface area contributed by atoms with Gasteiger partial charge in [0.2, 0.25) is 5.28 Å². The van der Waals surface area contributed by atoms with Crippen LogP contribution in [0.15, 0.2) is 6.07 Å². The highest BCUT2D eigenvalue weighted by Crippen LogP contribution is 2.34. The minimum absolute atomic E-state index is 0.257. The number of aliphatic carboxylic acids is 1. The molecule has 7 nitrogen and oxygen atoms in total. The molecule has 1 atom stereocenters. The van der Waals surface area contributed by atoms with Gasteiger partial charge in [0.15, 0.2) is 5.82 Å². The average Bonchev–Trinajstić information content (AvgIpc) is 3.04. The average molecular weight is 397 g/mol. The van der Waals surface area contributed by atoms with Crippen LogP contribution in [0.25, 0.3) is 10.2 Å². The van der Waals surface area contributed by atoms with Crippen LogP contribution in [0.1, 0.15) is 17.7 Å². The maximum Gasteiger partial charge on any atom is 0.307 e. The van der Waals surface area contributed by atoms with Gasteiger partial charge in [-0.3, -0.25) is 9.69 Å². The quantitative estimate of drug-likeness (QED) is 0.795. The minimum Gasteiger partial charge on any atom is -0.481 e. The molecule has 9 heteroatoms. The summed E-state index contributed by atoms with van der Waals surface area (Å²) in [4.78, 5) is 25.7. The summed E-state index contributed by atoms with van der Waals surface area (Å²) in [6.07, 6.45) is 1.69. The molecule has 2 saturated heterocycles. The number of piperidine rings is 1. The molecule has 0 unspecified atom stereocenters. The number of hydrogen-bond acceptors (Lipinski definition) is 7. The second-order valence-electron chi connectivity index (χ2n) is 6.76. The van der Waals surface area contributed by atoms with E-state index in [0.717, 1.165) is 59.9 Å². The van der Waals surface area contributed by atoms with E-state index in [0.29, 0.717) is 19.8 Å². The first-order valence-electron chi connectivity index (χ1n) is 8.84. The first-order chi connectivity index (χ1) is 12.6. The normalized spacial score (nSPS) is 22.0. The number of carbonyl (C=O) groups is 1. The summed E-state index contributed by atoms with van der Waals surface area (Å²) in [5.74, 6) is -0.0869. The topological polar surface area (TPSA) is 78.8 Å². The van der Waals surface area contributed by atoms with Crippen LogP contribution in [0.3, 0.4) is 0 Å². The smallest absolute Gasteiger partial charge is 0.307 e. The Balaban J connectivity index is 1.58. The molecule has 2 aromatic heterocycles. The zero-order valence-electron chi connectivity index (χ0n) is 14.4. The number of morpholine rings is 1. The lowest BCUT2D eigenvalue weighted by Gasteiger charge is -2.30. The van der Waals surface area contributed by atoms with Gasteiger partial charge in [-0.1, -0.05) is 0 Å². The standard InChI is InChI=1S/C17H21ClN4O3S/c18-17-19-13-8-12(10-21-3-1-2-11(9-21)16(23)24)26-14(13)15(20-17)22-4-6-25-7-5-22/h8,11H,1-7,9-10H2,(H,23,24)/t11-/m1/s1. The molecule has 0 aliphatic carbocycles. The molecule has 0 aromatic carbocycles. The van der Waals surface area contributed by atoms with E-state index in [4.69, 9.17) is 16.3 Å². The third kappa shape index (κ3) is 3.78. The lowest BCUT2D eigenvalue weighted by atomic mass is 9.98. The minimum atomic E-state index is -0.696. The lowest BCUT2D eigenvalue weighted by Crippen LogP contribution is -2.37. The van der Waals surface area contributed by atoms with Gasteiger partial charge in [-0.2, -0.15) is 4.98 Å². The number of aromatic nitrogens is 2. The van der Waals surface area contributed by atoms with E-state index in [1.54, 1.807) is 11.3 Å². The van der Waals surface area contributed by atoms with E-state index in [2.05, 4.69) is 25.8 Å². The number of fused-ring (bicyclic) bond motifs is 1. The van der Waals surface area contributed by atoms with Crippen LogP contribution in [0, 0.1) is 5.92 Å². The Morgan fingerprint density at radius 2 is 2.15 bits per heavy atom. The van der Waals surface area contributed by atoms with E-state index in [1.807, 2.05) is 0 Å². The SMILES string of the molecule is O=C(O)[C@@H]1CCCN(Cc2cc3nc(Cl)nc(N4CCOCC4)c3s2)C1. The Kier molecular flexibility index (Phi) is 5.26. The highest BCUT2D eigenvalue weighted by atomic mass is 35.5. The largest absolute Gasteiger partial charge is 0.481 e. The Morgan fingerprint density at radius 3 is 2.92 bits per heavy atom. The number of likely N-dealkylation sites (tertiary alicyclic amines) is 1. The second-order valence-corrected chi connectivity index (χ2v) is 8.23. The molecule has 2 aromatic rings. The molecule has 0 bridgehead atoms. The van der Waals surface area contributed by atoms with E-state index in [9.17, 15) is 9.90 Å². The molecule has 0 amide bonds. The van der Waals surface area contributed by atoms with Crippen molar-refractivity contribution in [2.75, 3.05) is 44.3 Å². The third-order valence-electron chi connectivity index (χ3n) is 4.92. The monoisotopic (exact) mass is 396 g/mol. The van der Waals surface area contributed by atoms with E-state index < -0.39 is 5.97 Å². The van der Waals surface area contributed by atoms with Crippen LogP contribution < -0.4 is 4.90 Å². The number of halogens is 1. The van der Waals surface area contributed by atoms with E-state index >= 15 is 0 Å². The molecule has 1 N–H and O–H groups in total. The summed E-state index contributed by atoms with van der Waals surface area (Å²) in [5, 5.41) is 9.53. The summed E-state index contributed by atoms with van der Waals surface area (Å²) >= 11 is 7.82. The molecular formula is C17H21ClN4O3S. The zero-order chi connectivity index (χ0) is 18.1. The fourth-order valence-electron chi connectivity index (χ4n) is 3.63. The maximum atomic E-state index is 11.3. The molecule has 0 saturated carbocycles. The fourth-order valence-corrected chi connectivity index (χ4v) is 4.95. The van der Waals surface area contributed by atoms with Crippen LogP contribution in [0.4, 0.5) is 5.82 Å². The van der Waals surface area contributed by atoms with Gasteiger partial charge in [0.25, 0.3) is 0 Å². The summed E-state index contributed by atoms with van der Waals surface area (Å²) in [6, 6.07) is 2.06. The second kappa shape index (κ2) is 7.64. The lowest BCUT2D eigenvalue weighted by molar-refractivity contribution is -0.143. The van der Waals surface area contributed by atoms with E-state index in [-0.39, 0.29) is 11.2 Å². The number of hydrogen-bond donors (Lipinski definition) is 1. The van der Waals surface area contributed by atoms with Crippen LogP contribution in [-0.2, 0) is 16.1 Å². The molecule has 4 rings (SSSR count). The molecule has 2 aliphatic rings. The molecule has 0 radical (unpaired) electrons. The number of nitrogens with zero attached hydrogens (tertiary/aromatic N) is 4. The number of ether oxygens (including phenoxy) is 1. The molecule has 2 fully saturated rings. The molecule has 0 spiro atoms. The van der Waals surface area contributed by atoms with Crippen molar-refractivity contribution in [3.8, 4) is 0 Å². The van der Waals surface area contributed by atoms with Crippen molar-refractivity contribution in [2.24, 2.45) is 5.92 Å². The molecule has 4 heterocycles. The first-order valence-corrected chi connectivity index (χ1v) is 10.0. The predicted molar refractivity (Wildman–Crippen MR) is 101 cm³/mol. The molecule has 2 aliphatic heterocycles. The van der Waals surface area contributed by atoms with Gasteiger partial charge in [0.1, 0.15) is 0 Å². The number of carboxylic acid groups (broad SMARTS) is 1. The predicted octanol–water partition coefficient (Wildman–Crippen LogP) is 2.48. The zero-order valence-corrected chi connectivity index (χ0v) is 15.9. The van der Waals surface area contributed by atoms with Gasteiger partial charge in [-0.05, 0) is 37.1 Å². The highest BCUT2D eigenvalue weighted by Gasteiger charge is 2.26. The molecule has 140 valence electrons. The van der Waals surface area contributed by atoms with Gasteiger partial charge >= 0.3 is 5.97 Å². The van der Waals surface area contributed by atoms with Crippen molar-refractivity contribution in [3.63, 3.8) is 0 Å². The number of thiophene rings is 1. The summed E-state index contributed by atoms with van der Waals surface area (Å²) in [6.45, 7) is 5.24. The van der Waals surface area contributed by atoms with Gasteiger partial charge in [-0.15, -0.1) is 11.3 Å². The third-order valence-corrected chi connectivity index (χ3v) is 6.20. The summed E-state index contributed by atoms with van der Waals surface area (Å²) in [7, 11) is 0. The summed E-state index contributed by atoms with van der Waals surface area (Å²) < 4.78 is 6.47. The Morgan fingerprint density at radius 1 is 1.35 bits per heavy atom.